The Bertz CT molecular complexity index is 408. The molecule has 2 heterocycles. The molecule has 2 rings (SSSR count). The molecular formula is C14H38B4N6Si. The summed E-state index contributed by atoms with van der Waals surface area (Å²) in [4.78, 5) is 9.71. The van der Waals surface area contributed by atoms with Gasteiger partial charge in [-0.1, -0.05) is 13.1 Å². The van der Waals surface area contributed by atoms with Crippen molar-refractivity contribution in [1.29, 1.82) is 0 Å². The molecule has 140 valence electrons. The monoisotopic (exact) mass is 362 g/mol. The fraction of sp³-hybridized carbons (Fsp3) is 1.00. The molecule has 25 heavy (non-hydrogen) atoms. The van der Waals surface area contributed by atoms with E-state index in [0.29, 0.717) is 27.9 Å². The van der Waals surface area contributed by atoms with E-state index in [1.165, 1.54) is 0 Å². The van der Waals surface area contributed by atoms with E-state index in [-0.39, 0.29) is 0 Å². The lowest BCUT2D eigenvalue weighted by Gasteiger charge is -2.65. The zero-order valence-electron chi connectivity index (χ0n) is 18.6. The summed E-state index contributed by atoms with van der Waals surface area (Å²) in [6.07, 6.45) is 0. The summed E-state index contributed by atoms with van der Waals surface area (Å²) in [7, 11) is 20.9. The van der Waals surface area contributed by atoms with E-state index in [1.54, 1.807) is 0 Å². The first-order valence-electron chi connectivity index (χ1n) is 9.45. The minimum absolute atomic E-state index is 0.547. The van der Waals surface area contributed by atoms with Crippen LogP contribution in [0.3, 0.4) is 0 Å². The van der Waals surface area contributed by atoms with Crippen molar-refractivity contribution in [3.8, 4) is 0 Å². The predicted octanol–water partition coefficient (Wildman–Crippen LogP) is -0.318. The van der Waals surface area contributed by atoms with E-state index in [2.05, 4.69) is 112 Å². The van der Waals surface area contributed by atoms with Crippen molar-refractivity contribution in [3.05, 3.63) is 0 Å². The lowest BCUT2D eigenvalue weighted by Crippen LogP contribution is -2.86. The summed E-state index contributed by atoms with van der Waals surface area (Å²) in [5, 5.41) is 1.48. The van der Waals surface area contributed by atoms with Gasteiger partial charge in [0, 0.05) is 8.07 Å². The van der Waals surface area contributed by atoms with Gasteiger partial charge >= 0.3 is 0 Å². The SMILES string of the molecule is CN(C)B1C([Si](C)(C)C2B(N(C)C)N(C)B2N(C)C)B(N(C)C)N1C. The molecule has 0 unspecified atom stereocenters. The maximum absolute atomic E-state index is 2.64. The molecule has 6 nitrogen and oxygen atoms in total. The van der Waals surface area contributed by atoms with Gasteiger partial charge in [-0.2, -0.15) is 0 Å². The molecule has 11 heteroatoms. The highest BCUT2D eigenvalue weighted by atomic mass is 28.3. The van der Waals surface area contributed by atoms with Crippen LogP contribution in [0.15, 0.2) is 0 Å². The second kappa shape index (κ2) is 7.34. The summed E-state index contributed by atoms with van der Waals surface area (Å²) >= 11 is 0. The third-order valence-electron chi connectivity index (χ3n) is 6.79. The van der Waals surface area contributed by atoms with E-state index in [0.717, 1.165) is 10.7 Å². The first-order chi connectivity index (χ1) is 11.4. The third kappa shape index (κ3) is 3.30. The molecule has 0 N–H and O–H groups in total. The van der Waals surface area contributed by atoms with Crippen molar-refractivity contribution in [2.75, 3.05) is 70.5 Å². The second-order valence-corrected chi connectivity index (χ2v) is 14.7. The van der Waals surface area contributed by atoms with Crippen LogP contribution in [0.1, 0.15) is 0 Å². The highest BCUT2D eigenvalue weighted by Gasteiger charge is 2.70. The van der Waals surface area contributed by atoms with Crippen molar-refractivity contribution in [2.24, 2.45) is 0 Å². The molecule has 0 radical (unpaired) electrons. The summed E-state index contributed by atoms with van der Waals surface area (Å²) in [5.74, 6) is 0. The van der Waals surface area contributed by atoms with E-state index in [9.17, 15) is 0 Å². The summed E-state index contributed by atoms with van der Waals surface area (Å²) in [6.45, 7) is 7.47. The van der Waals surface area contributed by atoms with Gasteiger partial charge in [0.25, 0.3) is 27.9 Å². The fourth-order valence-corrected chi connectivity index (χ4v) is 11.6. The number of hydrogen-bond acceptors (Lipinski definition) is 6. The van der Waals surface area contributed by atoms with Crippen LogP contribution in [0.2, 0.25) is 23.8 Å². The van der Waals surface area contributed by atoms with Gasteiger partial charge in [-0.25, -0.2) is 0 Å². The van der Waals surface area contributed by atoms with Crippen LogP contribution in [-0.2, 0) is 0 Å². The Morgan fingerprint density at radius 2 is 0.760 bits per heavy atom. The van der Waals surface area contributed by atoms with Crippen LogP contribution >= 0.6 is 0 Å². The zero-order chi connectivity index (χ0) is 19.4. The molecule has 2 saturated heterocycles. The van der Waals surface area contributed by atoms with Gasteiger partial charge in [0.2, 0.25) is 0 Å². The molecular weight excluding hydrogens is 324 g/mol. The van der Waals surface area contributed by atoms with Crippen molar-refractivity contribution in [2.45, 2.75) is 23.8 Å². The molecule has 0 spiro atoms. The number of rotatable bonds is 6. The average Bonchev–Trinajstić information content (AvgIpc) is 2.39. The quantitative estimate of drug-likeness (QED) is 0.600. The molecule has 2 aliphatic rings. The Labute approximate surface area is 159 Å². The smallest absolute Gasteiger partial charge is 0.295 e. The van der Waals surface area contributed by atoms with E-state index in [4.69, 9.17) is 0 Å². The number of nitrogens with zero attached hydrogens (tertiary/aromatic N) is 6. The highest BCUT2D eigenvalue weighted by Crippen LogP contribution is 2.50. The summed E-state index contributed by atoms with van der Waals surface area (Å²) < 4.78 is 5.11. The van der Waals surface area contributed by atoms with E-state index < -0.39 is 8.07 Å². The molecule has 0 aliphatic carbocycles. The molecule has 0 amide bonds. The average molecular weight is 362 g/mol. The van der Waals surface area contributed by atoms with Gasteiger partial charge in [-0.3, -0.25) is 0 Å². The maximum atomic E-state index is 2.64. The van der Waals surface area contributed by atoms with Crippen LogP contribution in [0.25, 0.3) is 0 Å². The number of hydrogen-bond donors (Lipinski definition) is 0. The Balaban J connectivity index is 2.39. The molecule has 2 fully saturated rings. The predicted molar refractivity (Wildman–Crippen MR) is 118 cm³/mol. The molecule has 2 aliphatic heterocycles. The van der Waals surface area contributed by atoms with Gasteiger partial charge in [0.05, 0.1) is 0 Å². The van der Waals surface area contributed by atoms with Crippen molar-refractivity contribution < 1.29 is 0 Å². The van der Waals surface area contributed by atoms with Gasteiger partial charge in [-0.15, -0.1) is 0 Å². The topological polar surface area (TPSA) is 19.4 Å². The lowest BCUT2D eigenvalue weighted by molar-refractivity contribution is 0.469. The Morgan fingerprint density at radius 3 is 0.920 bits per heavy atom. The van der Waals surface area contributed by atoms with Crippen LogP contribution in [0.5, 0.6) is 0 Å². The summed E-state index contributed by atoms with van der Waals surface area (Å²) in [6, 6.07) is 0. The van der Waals surface area contributed by atoms with Crippen molar-refractivity contribution in [3.63, 3.8) is 0 Å². The van der Waals surface area contributed by atoms with E-state index in [1.807, 2.05) is 0 Å². The van der Waals surface area contributed by atoms with Crippen LogP contribution in [0.4, 0.5) is 0 Å². The first kappa shape index (κ1) is 21.5. The Hall–Kier alpha value is 0.237. The van der Waals surface area contributed by atoms with E-state index >= 15 is 0 Å². The van der Waals surface area contributed by atoms with Crippen LogP contribution < -0.4 is 0 Å². The summed E-state index contributed by atoms with van der Waals surface area (Å²) in [5.41, 5.74) is 0. The Morgan fingerprint density at radius 1 is 0.560 bits per heavy atom. The normalized spacial score (nSPS) is 22.1. The molecule has 0 atom stereocenters. The van der Waals surface area contributed by atoms with Crippen LogP contribution in [-0.4, -0.2) is 135 Å². The van der Waals surface area contributed by atoms with Gasteiger partial charge in [-0.05, 0) is 81.2 Å². The third-order valence-corrected chi connectivity index (χ3v) is 11.4. The maximum Gasteiger partial charge on any atom is 0.295 e. The lowest BCUT2D eigenvalue weighted by atomic mass is 9.32. The molecule has 0 aromatic rings. The largest absolute Gasteiger partial charge is 0.359 e. The molecule has 0 saturated carbocycles. The van der Waals surface area contributed by atoms with Gasteiger partial charge in [0.15, 0.2) is 0 Å². The van der Waals surface area contributed by atoms with Crippen LogP contribution in [0, 0.1) is 0 Å². The minimum atomic E-state index is -1.57. The molecule has 0 bridgehead atoms. The molecule has 0 aromatic heterocycles. The minimum Gasteiger partial charge on any atom is -0.359 e. The first-order valence-corrected chi connectivity index (χ1v) is 12.6. The Kier molecular flexibility index (Phi) is 6.32. The van der Waals surface area contributed by atoms with Crippen molar-refractivity contribution >= 4 is 36.0 Å². The van der Waals surface area contributed by atoms with Gasteiger partial charge in [0.1, 0.15) is 0 Å². The highest BCUT2D eigenvalue weighted by molar-refractivity contribution is 7.18. The second-order valence-electron chi connectivity index (χ2n) is 9.71. The fourth-order valence-electron chi connectivity index (χ4n) is 5.93. The molecule has 0 aromatic carbocycles. The zero-order valence-corrected chi connectivity index (χ0v) is 19.6. The standard InChI is InChI=1S/C14H38B4N6Si/c1-19(2)15-13(16(20(3)4)23(15)9)25(11,12)14-17(21(5)6)24(10)18(14)22(7)8/h13-14H,1-12H3. The van der Waals surface area contributed by atoms with Crippen molar-refractivity contribution in [1.82, 2.24) is 28.7 Å². The van der Waals surface area contributed by atoms with Gasteiger partial charge < -0.3 is 28.7 Å².